The van der Waals surface area contributed by atoms with E-state index >= 15 is 0 Å². The average Bonchev–Trinajstić information content (AvgIpc) is 3.12. The number of nitrogens with one attached hydrogen (secondary N) is 2. The Balaban J connectivity index is 1.35. The van der Waals surface area contributed by atoms with Crippen LogP contribution in [0.4, 0.5) is 11.8 Å². The summed E-state index contributed by atoms with van der Waals surface area (Å²) < 4.78 is 5.41. The van der Waals surface area contributed by atoms with E-state index in [1.165, 1.54) is 0 Å². The van der Waals surface area contributed by atoms with Gasteiger partial charge >= 0.3 is 0 Å². The minimum atomic E-state index is 0.396. The Kier molecular flexibility index (Phi) is 5.69. The molecule has 6 nitrogen and oxygen atoms in total. The first-order valence-electron chi connectivity index (χ1n) is 9.77. The van der Waals surface area contributed by atoms with Crippen LogP contribution in [0.15, 0.2) is 40.8 Å². The summed E-state index contributed by atoms with van der Waals surface area (Å²) in [5, 5.41) is 8.63. The van der Waals surface area contributed by atoms with E-state index in [-0.39, 0.29) is 0 Å². The topological polar surface area (TPSA) is 66.2 Å². The second-order valence-corrected chi connectivity index (χ2v) is 7.93. The zero-order chi connectivity index (χ0) is 19.5. The predicted octanol–water partition coefficient (Wildman–Crippen LogP) is 4.46. The van der Waals surface area contributed by atoms with Crippen LogP contribution in [0.2, 0.25) is 5.22 Å². The van der Waals surface area contributed by atoms with Gasteiger partial charge in [-0.3, -0.25) is 0 Å². The van der Waals surface area contributed by atoms with Gasteiger partial charge in [-0.15, -0.1) is 0 Å². The van der Waals surface area contributed by atoms with Crippen LogP contribution in [-0.2, 0) is 6.54 Å². The number of rotatable bonds is 6. The molecule has 0 saturated heterocycles. The summed E-state index contributed by atoms with van der Waals surface area (Å²) in [6, 6.07) is 12.7. The third-order valence-corrected chi connectivity index (χ3v) is 5.46. The van der Waals surface area contributed by atoms with Gasteiger partial charge in [0.05, 0.1) is 12.1 Å². The molecule has 2 aromatic heterocycles. The molecule has 4 rings (SSSR count). The maximum atomic E-state index is 5.83. The van der Waals surface area contributed by atoms with Crippen LogP contribution in [0, 0.1) is 0 Å². The molecule has 0 bridgehead atoms. The number of fused-ring (bicyclic) bond motifs is 1. The minimum Gasteiger partial charge on any atom is -0.448 e. The van der Waals surface area contributed by atoms with Crippen LogP contribution in [0.1, 0.15) is 31.4 Å². The van der Waals surface area contributed by atoms with Crippen molar-refractivity contribution in [3.8, 4) is 0 Å². The summed E-state index contributed by atoms with van der Waals surface area (Å²) in [7, 11) is 4.03. The Morgan fingerprint density at radius 2 is 1.79 bits per heavy atom. The van der Waals surface area contributed by atoms with Crippen molar-refractivity contribution >= 4 is 34.3 Å². The molecular weight excluding hydrogens is 374 g/mol. The van der Waals surface area contributed by atoms with Crippen molar-refractivity contribution in [1.29, 1.82) is 0 Å². The molecule has 1 aliphatic carbocycles. The number of benzene rings is 1. The standard InChI is InChI=1S/C21H26ClN5O/c1-27(2)20-17-5-3-4-6-18(17)25-21(26-20)24-15-9-7-14(8-10-15)23-13-16-11-12-19(22)28-16/h3-6,11-12,14-15,23H,7-10,13H2,1-2H3,(H,24,25,26)/t14-,15+. The molecule has 0 aliphatic heterocycles. The fraction of sp³-hybridized carbons (Fsp3) is 0.429. The number of halogens is 1. The van der Waals surface area contributed by atoms with E-state index in [2.05, 4.69) is 16.7 Å². The highest BCUT2D eigenvalue weighted by Crippen LogP contribution is 2.26. The van der Waals surface area contributed by atoms with Gasteiger partial charge in [0.2, 0.25) is 5.95 Å². The molecule has 0 unspecified atom stereocenters. The van der Waals surface area contributed by atoms with Gasteiger partial charge < -0.3 is 20.0 Å². The van der Waals surface area contributed by atoms with Gasteiger partial charge in [-0.25, -0.2) is 4.98 Å². The number of hydrogen-bond acceptors (Lipinski definition) is 6. The van der Waals surface area contributed by atoms with E-state index < -0.39 is 0 Å². The van der Waals surface area contributed by atoms with E-state index in [0.717, 1.165) is 54.7 Å². The van der Waals surface area contributed by atoms with E-state index in [9.17, 15) is 0 Å². The van der Waals surface area contributed by atoms with E-state index in [1.807, 2.05) is 43.3 Å². The van der Waals surface area contributed by atoms with Gasteiger partial charge in [0.1, 0.15) is 11.6 Å². The van der Waals surface area contributed by atoms with Crippen molar-refractivity contribution in [3.63, 3.8) is 0 Å². The van der Waals surface area contributed by atoms with Crippen LogP contribution >= 0.6 is 11.6 Å². The smallest absolute Gasteiger partial charge is 0.225 e. The lowest BCUT2D eigenvalue weighted by molar-refractivity contribution is 0.340. The van der Waals surface area contributed by atoms with Crippen molar-refractivity contribution in [2.75, 3.05) is 24.3 Å². The maximum Gasteiger partial charge on any atom is 0.225 e. The van der Waals surface area contributed by atoms with Crippen molar-refractivity contribution in [2.24, 2.45) is 0 Å². The molecule has 2 heterocycles. The summed E-state index contributed by atoms with van der Waals surface area (Å²) in [5.74, 6) is 2.54. The molecule has 1 fully saturated rings. The second-order valence-electron chi connectivity index (χ2n) is 7.56. The summed E-state index contributed by atoms with van der Waals surface area (Å²) >= 11 is 5.83. The molecule has 148 valence electrons. The molecule has 0 radical (unpaired) electrons. The second kappa shape index (κ2) is 8.37. The molecule has 0 amide bonds. The first kappa shape index (κ1) is 19.0. The zero-order valence-electron chi connectivity index (χ0n) is 16.3. The van der Waals surface area contributed by atoms with Crippen LogP contribution in [-0.4, -0.2) is 36.1 Å². The van der Waals surface area contributed by atoms with Gasteiger partial charge in [-0.1, -0.05) is 12.1 Å². The van der Waals surface area contributed by atoms with Gasteiger partial charge in [-0.05, 0) is 61.5 Å². The Labute approximate surface area is 170 Å². The van der Waals surface area contributed by atoms with Gasteiger partial charge in [0.25, 0.3) is 0 Å². The van der Waals surface area contributed by atoms with E-state index in [1.54, 1.807) is 6.07 Å². The molecular formula is C21H26ClN5O. The SMILES string of the molecule is CN(C)c1nc(N[C@H]2CC[C@@H](NCc3ccc(Cl)o3)CC2)nc2ccccc12. The molecule has 0 atom stereocenters. The number of nitrogens with zero attached hydrogens (tertiary/aromatic N) is 3. The highest BCUT2D eigenvalue weighted by atomic mass is 35.5. The lowest BCUT2D eigenvalue weighted by atomic mass is 9.91. The Bertz CT molecular complexity index is 933. The van der Waals surface area contributed by atoms with Crippen molar-refractivity contribution in [3.05, 3.63) is 47.4 Å². The van der Waals surface area contributed by atoms with Crippen LogP contribution in [0.25, 0.3) is 10.9 Å². The summed E-state index contributed by atoms with van der Waals surface area (Å²) in [5.41, 5.74) is 0.969. The highest BCUT2D eigenvalue weighted by molar-refractivity contribution is 6.28. The van der Waals surface area contributed by atoms with Gasteiger partial charge in [0.15, 0.2) is 5.22 Å². The number of aromatic nitrogens is 2. The number of anilines is 2. The first-order chi connectivity index (χ1) is 13.6. The van der Waals surface area contributed by atoms with Crippen LogP contribution in [0.3, 0.4) is 0 Å². The van der Waals surface area contributed by atoms with E-state index in [4.69, 9.17) is 26.0 Å². The van der Waals surface area contributed by atoms with Crippen LogP contribution < -0.4 is 15.5 Å². The monoisotopic (exact) mass is 399 g/mol. The van der Waals surface area contributed by atoms with Crippen molar-refractivity contribution < 1.29 is 4.42 Å². The lowest BCUT2D eigenvalue weighted by Crippen LogP contribution is -2.36. The Morgan fingerprint density at radius 3 is 2.50 bits per heavy atom. The molecule has 1 saturated carbocycles. The maximum absolute atomic E-state index is 5.83. The Morgan fingerprint density at radius 1 is 1.04 bits per heavy atom. The fourth-order valence-corrected chi connectivity index (χ4v) is 3.94. The largest absolute Gasteiger partial charge is 0.448 e. The number of furan rings is 1. The fourth-order valence-electron chi connectivity index (χ4n) is 3.78. The van der Waals surface area contributed by atoms with Crippen molar-refractivity contribution in [1.82, 2.24) is 15.3 Å². The molecule has 7 heteroatoms. The third-order valence-electron chi connectivity index (χ3n) is 5.26. The normalized spacial score (nSPS) is 19.7. The van der Waals surface area contributed by atoms with Crippen molar-refractivity contribution in [2.45, 2.75) is 44.3 Å². The van der Waals surface area contributed by atoms with Crippen LogP contribution in [0.5, 0.6) is 0 Å². The lowest BCUT2D eigenvalue weighted by Gasteiger charge is -2.30. The average molecular weight is 400 g/mol. The predicted molar refractivity (Wildman–Crippen MR) is 114 cm³/mol. The summed E-state index contributed by atoms with van der Waals surface area (Å²) in [6.45, 7) is 0.718. The Hall–Kier alpha value is -2.31. The molecule has 3 aromatic rings. The first-order valence-corrected chi connectivity index (χ1v) is 10.1. The minimum absolute atomic E-state index is 0.396. The van der Waals surface area contributed by atoms with E-state index in [0.29, 0.717) is 23.3 Å². The highest BCUT2D eigenvalue weighted by Gasteiger charge is 2.22. The summed E-state index contributed by atoms with van der Waals surface area (Å²) in [6.07, 6.45) is 4.40. The van der Waals surface area contributed by atoms with Gasteiger partial charge in [0, 0.05) is 31.6 Å². The molecule has 0 spiro atoms. The molecule has 28 heavy (non-hydrogen) atoms. The third kappa shape index (κ3) is 4.39. The molecule has 1 aliphatic rings. The zero-order valence-corrected chi connectivity index (χ0v) is 17.0. The number of para-hydroxylation sites is 1. The molecule has 1 aromatic carbocycles. The molecule has 2 N–H and O–H groups in total. The summed E-state index contributed by atoms with van der Waals surface area (Å²) in [4.78, 5) is 11.5. The number of hydrogen-bond donors (Lipinski definition) is 2. The quantitative estimate of drug-likeness (QED) is 0.638. The van der Waals surface area contributed by atoms with Gasteiger partial charge in [-0.2, -0.15) is 4.98 Å².